The maximum absolute atomic E-state index is 11.2. The molecule has 1 amide bonds. The topological polar surface area (TPSA) is 55.4 Å². The van der Waals surface area contributed by atoms with Gasteiger partial charge >= 0.3 is 6.09 Å². The Kier molecular flexibility index (Phi) is 4.60. The Labute approximate surface area is 85.0 Å². The predicted molar refractivity (Wildman–Crippen MR) is 54.1 cm³/mol. The fourth-order valence-electron chi connectivity index (χ4n) is 0.991. The van der Waals surface area contributed by atoms with Gasteiger partial charge in [-0.1, -0.05) is 0 Å². The normalized spacial score (nSPS) is 13.2. The summed E-state index contributed by atoms with van der Waals surface area (Å²) in [5.41, 5.74) is -0.500. The average Bonchev–Trinajstić information content (AvgIpc) is 1.77. The molecule has 0 aliphatic carbocycles. The Bertz CT molecular complexity index is 218. The molecule has 1 N–H and O–H groups in total. The van der Waals surface area contributed by atoms with Gasteiger partial charge in [0, 0.05) is 12.5 Å². The van der Waals surface area contributed by atoms with Gasteiger partial charge in [0.1, 0.15) is 11.4 Å². The van der Waals surface area contributed by atoms with Crippen LogP contribution in [0.5, 0.6) is 0 Å². The first-order chi connectivity index (χ1) is 6.20. The molecule has 0 aromatic rings. The minimum Gasteiger partial charge on any atom is -0.444 e. The van der Waals surface area contributed by atoms with Gasteiger partial charge in [-0.05, 0) is 34.6 Å². The number of carbonyl (C=O) groups is 2. The second kappa shape index (κ2) is 4.98. The number of hydrogen-bond donors (Lipinski definition) is 1. The monoisotopic (exact) mass is 201 g/mol. The van der Waals surface area contributed by atoms with Gasteiger partial charge in [0.05, 0.1) is 0 Å². The number of rotatable bonds is 3. The van der Waals surface area contributed by atoms with Crippen molar-refractivity contribution in [1.82, 2.24) is 5.32 Å². The van der Waals surface area contributed by atoms with Crippen LogP contribution in [-0.4, -0.2) is 23.5 Å². The molecule has 0 unspecified atom stereocenters. The van der Waals surface area contributed by atoms with Crippen molar-refractivity contribution in [2.24, 2.45) is 0 Å². The van der Waals surface area contributed by atoms with Crippen LogP contribution in [0.25, 0.3) is 0 Å². The number of alkyl carbamates (subject to hydrolysis) is 1. The molecule has 0 aliphatic rings. The van der Waals surface area contributed by atoms with Crippen LogP contribution in [0.2, 0.25) is 0 Å². The van der Waals surface area contributed by atoms with Crippen molar-refractivity contribution >= 4 is 11.9 Å². The lowest BCUT2D eigenvalue weighted by atomic mass is 10.2. The molecule has 0 radical (unpaired) electrons. The molecule has 14 heavy (non-hydrogen) atoms. The highest BCUT2D eigenvalue weighted by molar-refractivity contribution is 5.77. The summed E-state index contributed by atoms with van der Waals surface area (Å²) in [4.78, 5) is 21.9. The van der Waals surface area contributed by atoms with E-state index in [0.717, 1.165) is 0 Å². The van der Waals surface area contributed by atoms with Gasteiger partial charge in [-0.15, -0.1) is 0 Å². The van der Waals surface area contributed by atoms with E-state index in [-0.39, 0.29) is 11.8 Å². The number of Topliss-reactive ketones (excluding diaryl/α,β-unsaturated/α-hetero) is 1. The van der Waals surface area contributed by atoms with E-state index < -0.39 is 11.7 Å². The van der Waals surface area contributed by atoms with E-state index in [2.05, 4.69) is 5.32 Å². The van der Waals surface area contributed by atoms with Crippen molar-refractivity contribution in [3.05, 3.63) is 0 Å². The van der Waals surface area contributed by atoms with E-state index in [1.807, 2.05) is 0 Å². The van der Waals surface area contributed by atoms with Crippen LogP contribution in [0.15, 0.2) is 0 Å². The summed E-state index contributed by atoms with van der Waals surface area (Å²) >= 11 is 0. The number of nitrogens with one attached hydrogen (secondary N) is 1. The molecule has 0 heterocycles. The largest absolute Gasteiger partial charge is 0.444 e. The standard InChI is InChI=1S/C10H19NO3/c1-7(6-8(2)12)11-9(13)14-10(3,4)5/h7H,6H2,1-5H3,(H,11,13)/t7-/m0/s1. The Morgan fingerprint density at radius 1 is 1.36 bits per heavy atom. The van der Waals surface area contributed by atoms with Crippen LogP contribution in [0.4, 0.5) is 4.79 Å². The number of amides is 1. The second-order valence-corrected chi connectivity index (χ2v) is 4.45. The quantitative estimate of drug-likeness (QED) is 0.758. The van der Waals surface area contributed by atoms with E-state index in [1.54, 1.807) is 27.7 Å². The van der Waals surface area contributed by atoms with Crippen molar-refractivity contribution in [3.63, 3.8) is 0 Å². The Balaban J connectivity index is 3.89. The van der Waals surface area contributed by atoms with Gasteiger partial charge < -0.3 is 10.1 Å². The van der Waals surface area contributed by atoms with E-state index in [4.69, 9.17) is 4.74 Å². The van der Waals surface area contributed by atoms with Gasteiger partial charge in [-0.25, -0.2) is 4.79 Å². The summed E-state index contributed by atoms with van der Waals surface area (Å²) in [5, 5.41) is 2.59. The second-order valence-electron chi connectivity index (χ2n) is 4.45. The first-order valence-corrected chi connectivity index (χ1v) is 4.69. The lowest BCUT2D eigenvalue weighted by Gasteiger charge is -2.21. The number of ketones is 1. The summed E-state index contributed by atoms with van der Waals surface area (Å²) in [7, 11) is 0. The third kappa shape index (κ3) is 7.58. The summed E-state index contributed by atoms with van der Waals surface area (Å²) in [6.45, 7) is 8.64. The molecule has 0 saturated heterocycles. The van der Waals surface area contributed by atoms with E-state index in [0.29, 0.717) is 6.42 Å². The molecule has 1 atom stereocenters. The number of carbonyl (C=O) groups excluding carboxylic acids is 2. The third-order valence-corrected chi connectivity index (χ3v) is 1.36. The maximum atomic E-state index is 11.2. The van der Waals surface area contributed by atoms with Gasteiger partial charge in [-0.3, -0.25) is 4.79 Å². The molecule has 4 nitrogen and oxygen atoms in total. The zero-order chi connectivity index (χ0) is 11.4. The molecule has 0 saturated carbocycles. The summed E-state index contributed by atoms with van der Waals surface area (Å²) in [6.07, 6.45) is -0.148. The minimum absolute atomic E-state index is 0.0496. The highest BCUT2D eigenvalue weighted by Crippen LogP contribution is 2.07. The van der Waals surface area contributed by atoms with Crippen molar-refractivity contribution in [2.45, 2.75) is 52.7 Å². The summed E-state index contributed by atoms with van der Waals surface area (Å²) in [6, 6.07) is -0.178. The van der Waals surface area contributed by atoms with Gasteiger partial charge in [-0.2, -0.15) is 0 Å². The Hall–Kier alpha value is -1.06. The molecular formula is C10H19NO3. The third-order valence-electron chi connectivity index (χ3n) is 1.36. The van der Waals surface area contributed by atoms with Crippen molar-refractivity contribution in [1.29, 1.82) is 0 Å². The highest BCUT2D eigenvalue weighted by atomic mass is 16.6. The molecule has 0 aliphatic heterocycles. The van der Waals surface area contributed by atoms with Crippen LogP contribution in [0.1, 0.15) is 41.0 Å². The summed E-state index contributed by atoms with van der Waals surface area (Å²) < 4.78 is 5.03. The van der Waals surface area contributed by atoms with Gasteiger partial charge in [0.25, 0.3) is 0 Å². The number of hydrogen-bond acceptors (Lipinski definition) is 3. The smallest absolute Gasteiger partial charge is 0.407 e. The lowest BCUT2D eigenvalue weighted by molar-refractivity contribution is -0.117. The van der Waals surface area contributed by atoms with Gasteiger partial charge in [0.2, 0.25) is 0 Å². The Morgan fingerprint density at radius 2 is 1.86 bits per heavy atom. The highest BCUT2D eigenvalue weighted by Gasteiger charge is 2.17. The molecule has 0 bridgehead atoms. The average molecular weight is 201 g/mol. The zero-order valence-corrected chi connectivity index (χ0v) is 9.51. The Morgan fingerprint density at radius 3 is 2.21 bits per heavy atom. The molecule has 0 rings (SSSR count). The van der Waals surface area contributed by atoms with E-state index >= 15 is 0 Å². The van der Waals surface area contributed by atoms with E-state index in [9.17, 15) is 9.59 Å². The predicted octanol–water partition coefficient (Wildman–Crippen LogP) is 1.88. The molecule has 0 aromatic heterocycles. The first kappa shape index (κ1) is 12.9. The van der Waals surface area contributed by atoms with Crippen LogP contribution >= 0.6 is 0 Å². The summed E-state index contributed by atoms with van der Waals surface area (Å²) in [5.74, 6) is 0.0496. The molecular weight excluding hydrogens is 182 g/mol. The molecule has 0 spiro atoms. The van der Waals surface area contributed by atoms with Crippen LogP contribution < -0.4 is 5.32 Å². The van der Waals surface area contributed by atoms with Crippen LogP contribution in [-0.2, 0) is 9.53 Å². The van der Waals surface area contributed by atoms with E-state index in [1.165, 1.54) is 6.92 Å². The zero-order valence-electron chi connectivity index (χ0n) is 9.51. The van der Waals surface area contributed by atoms with Crippen LogP contribution in [0, 0.1) is 0 Å². The maximum Gasteiger partial charge on any atom is 0.407 e. The fourth-order valence-corrected chi connectivity index (χ4v) is 0.991. The SMILES string of the molecule is CC(=O)C[C@H](C)NC(=O)OC(C)(C)C. The molecule has 0 aromatic carbocycles. The number of ether oxygens (including phenoxy) is 1. The van der Waals surface area contributed by atoms with Crippen molar-refractivity contribution in [3.8, 4) is 0 Å². The molecule has 0 fully saturated rings. The minimum atomic E-state index is -0.500. The molecule has 82 valence electrons. The van der Waals surface area contributed by atoms with Gasteiger partial charge in [0.15, 0.2) is 0 Å². The van der Waals surface area contributed by atoms with Crippen LogP contribution in [0.3, 0.4) is 0 Å². The fraction of sp³-hybridized carbons (Fsp3) is 0.800. The first-order valence-electron chi connectivity index (χ1n) is 4.69. The van der Waals surface area contributed by atoms with Crippen molar-refractivity contribution in [2.75, 3.05) is 0 Å². The van der Waals surface area contributed by atoms with Crippen molar-refractivity contribution < 1.29 is 14.3 Å². The lowest BCUT2D eigenvalue weighted by Crippen LogP contribution is -2.38. The molecule has 4 heteroatoms.